The predicted octanol–water partition coefficient (Wildman–Crippen LogP) is 0.770. The Kier molecular flexibility index (Phi) is 4.95. The molecule has 1 atom stereocenters. The quantitative estimate of drug-likeness (QED) is 0.728. The average Bonchev–Trinajstić information content (AvgIpc) is 2.37. The van der Waals surface area contributed by atoms with Gasteiger partial charge in [-0.15, -0.1) is 0 Å². The van der Waals surface area contributed by atoms with Gasteiger partial charge in [-0.05, 0) is 34.6 Å². The van der Waals surface area contributed by atoms with Crippen LogP contribution < -0.4 is 5.32 Å². The number of nitrogens with zero attached hydrogens (tertiary/aromatic N) is 2. The molecule has 0 aromatic rings. The maximum atomic E-state index is 12.2. The Morgan fingerprint density at radius 2 is 2.06 bits per heavy atom. The Labute approximate surface area is 109 Å². The zero-order valence-electron chi connectivity index (χ0n) is 11.9. The van der Waals surface area contributed by atoms with Crippen LogP contribution in [0.5, 0.6) is 0 Å². The molecule has 0 bridgehead atoms. The molecule has 1 fully saturated rings. The van der Waals surface area contributed by atoms with E-state index in [1.807, 2.05) is 39.6 Å². The number of hydrogen-bond donors (Lipinski definition) is 2. The summed E-state index contributed by atoms with van der Waals surface area (Å²) in [6.45, 7) is 11.0. The Balaban J connectivity index is 2.80. The van der Waals surface area contributed by atoms with E-state index in [-0.39, 0.29) is 12.6 Å². The first-order valence-electron chi connectivity index (χ1n) is 6.39. The second kappa shape index (κ2) is 5.86. The first-order chi connectivity index (χ1) is 8.20. The highest BCUT2D eigenvalue weighted by Gasteiger charge is 2.31. The van der Waals surface area contributed by atoms with Gasteiger partial charge in [-0.1, -0.05) is 0 Å². The van der Waals surface area contributed by atoms with Crippen LogP contribution in [0.2, 0.25) is 0 Å². The third-order valence-electron chi connectivity index (χ3n) is 2.58. The number of hydrogen-bond acceptors (Lipinski definition) is 5. The Bertz CT molecular complexity index is 289. The number of ether oxygens (including phenoxy) is 1. The normalized spacial score (nSPS) is 23.1. The molecule has 0 saturated carbocycles. The average molecular weight is 259 g/mol. The van der Waals surface area contributed by atoms with Gasteiger partial charge < -0.3 is 9.84 Å². The van der Waals surface area contributed by atoms with Gasteiger partial charge >= 0.3 is 6.09 Å². The summed E-state index contributed by atoms with van der Waals surface area (Å²) >= 11 is 0. The Morgan fingerprint density at radius 3 is 2.56 bits per heavy atom. The smallest absolute Gasteiger partial charge is 0.425 e. The molecule has 1 unspecified atom stereocenters. The molecule has 0 aromatic heterocycles. The molecule has 1 rings (SSSR count). The van der Waals surface area contributed by atoms with Crippen LogP contribution >= 0.6 is 0 Å². The monoisotopic (exact) mass is 259 g/mol. The van der Waals surface area contributed by atoms with E-state index in [0.29, 0.717) is 13.1 Å². The van der Waals surface area contributed by atoms with Crippen LogP contribution in [0.1, 0.15) is 34.6 Å². The zero-order chi connectivity index (χ0) is 13.9. The number of rotatable bonds is 1. The largest absolute Gasteiger partial charge is 0.443 e. The fourth-order valence-electron chi connectivity index (χ4n) is 1.83. The lowest BCUT2D eigenvalue weighted by Gasteiger charge is -2.37. The number of amides is 1. The molecule has 1 heterocycles. The van der Waals surface area contributed by atoms with Crippen molar-refractivity contribution in [2.45, 2.75) is 52.5 Å². The molecule has 1 aliphatic heterocycles. The minimum Gasteiger partial charge on any atom is -0.443 e. The SMILES string of the molecule is CC(C)N1CCNC(O)CN1C(=O)OC(C)(C)C. The molecule has 1 aliphatic rings. The van der Waals surface area contributed by atoms with Crippen LogP contribution in [-0.2, 0) is 4.74 Å². The minimum atomic E-state index is -0.721. The third kappa shape index (κ3) is 4.44. The maximum absolute atomic E-state index is 12.2. The van der Waals surface area contributed by atoms with Gasteiger partial charge in [0.1, 0.15) is 11.8 Å². The van der Waals surface area contributed by atoms with Crippen molar-refractivity contribution < 1.29 is 14.6 Å². The molecule has 6 nitrogen and oxygen atoms in total. The highest BCUT2D eigenvalue weighted by atomic mass is 16.6. The number of nitrogens with one attached hydrogen (secondary N) is 1. The molecule has 106 valence electrons. The van der Waals surface area contributed by atoms with E-state index in [0.717, 1.165) is 0 Å². The van der Waals surface area contributed by atoms with Crippen LogP contribution in [0.15, 0.2) is 0 Å². The van der Waals surface area contributed by atoms with Crippen molar-refractivity contribution in [2.75, 3.05) is 19.6 Å². The number of carbonyl (C=O) groups is 1. The number of aliphatic hydroxyl groups is 1. The first-order valence-corrected chi connectivity index (χ1v) is 6.39. The molecular weight excluding hydrogens is 234 g/mol. The van der Waals surface area contributed by atoms with Crippen molar-refractivity contribution in [3.05, 3.63) is 0 Å². The molecule has 0 radical (unpaired) electrons. The Morgan fingerprint density at radius 1 is 1.44 bits per heavy atom. The van der Waals surface area contributed by atoms with Crippen LogP contribution in [0, 0.1) is 0 Å². The van der Waals surface area contributed by atoms with Gasteiger partial charge in [-0.2, -0.15) is 0 Å². The van der Waals surface area contributed by atoms with Crippen molar-refractivity contribution in [3.8, 4) is 0 Å². The number of β-amino-alcohol motifs (C(OH)–C–C–N with tert-alkyl or cyclic N) is 1. The van der Waals surface area contributed by atoms with E-state index in [9.17, 15) is 9.90 Å². The van der Waals surface area contributed by atoms with Gasteiger partial charge in [0.2, 0.25) is 0 Å². The maximum Gasteiger partial charge on any atom is 0.425 e. The summed E-state index contributed by atoms with van der Waals surface area (Å²) in [5, 5.41) is 16.1. The standard InChI is InChI=1S/C12H25N3O3/c1-9(2)14-7-6-13-10(16)8-15(14)11(17)18-12(3,4)5/h9-10,13,16H,6-8H2,1-5H3. The van der Waals surface area contributed by atoms with Crippen LogP contribution in [0.25, 0.3) is 0 Å². The molecule has 18 heavy (non-hydrogen) atoms. The first kappa shape index (κ1) is 15.2. The van der Waals surface area contributed by atoms with E-state index in [1.165, 1.54) is 5.01 Å². The molecule has 0 spiro atoms. The summed E-state index contributed by atoms with van der Waals surface area (Å²) in [6.07, 6.45) is -1.14. The highest BCUT2D eigenvalue weighted by molar-refractivity contribution is 5.67. The lowest BCUT2D eigenvalue weighted by molar-refractivity contribution is -0.0710. The van der Waals surface area contributed by atoms with Gasteiger partial charge in [0.25, 0.3) is 0 Å². The molecular formula is C12H25N3O3. The van der Waals surface area contributed by atoms with E-state index in [1.54, 1.807) is 0 Å². The molecule has 1 amide bonds. The molecule has 6 heteroatoms. The van der Waals surface area contributed by atoms with Crippen molar-refractivity contribution in [1.29, 1.82) is 0 Å². The second-order valence-corrected chi connectivity index (χ2v) is 5.79. The molecule has 0 aromatic carbocycles. The van der Waals surface area contributed by atoms with Crippen LogP contribution in [-0.4, -0.2) is 58.7 Å². The van der Waals surface area contributed by atoms with E-state index >= 15 is 0 Å². The summed E-state index contributed by atoms with van der Waals surface area (Å²) in [5.74, 6) is 0. The van der Waals surface area contributed by atoms with Crippen molar-refractivity contribution >= 4 is 6.09 Å². The third-order valence-corrected chi connectivity index (χ3v) is 2.58. The number of aliphatic hydroxyl groups excluding tert-OH is 1. The van der Waals surface area contributed by atoms with E-state index in [2.05, 4.69) is 5.32 Å². The van der Waals surface area contributed by atoms with Crippen molar-refractivity contribution in [3.63, 3.8) is 0 Å². The molecule has 0 aliphatic carbocycles. The fraction of sp³-hybridized carbons (Fsp3) is 0.917. The molecule has 1 saturated heterocycles. The summed E-state index contributed by atoms with van der Waals surface area (Å²) in [4.78, 5) is 12.2. The van der Waals surface area contributed by atoms with Crippen LogP contribution in [0.4, 0.5) is 4.79 Å². The van der Waals surface area contributed by atoms with Gasteiger partial charge in [0.05, 0.1) is 6.54 Å². The van der Waals surface area contributed by atoms with E-state index < -0.39 is 17.9 Å². The zero-order valence-corrected chi connectivity index (χ0v) is 11.9. The Hall–Kier alpha value is -0.850. The van der Waals surface area contributed by atoms with Gasteiger partial charge in [-0.3, -0.25) is 5.32 Å². The number of carbonyl (C=O) groups excluding carboxylic acids is 1. The lowest BCUT2D eigenvalue weighted by atomic mass is 10.2. The predicted molar refractivity (Wildman–Crippen MR) is 68.8 cm³/mol. The summed E-state index contributed by atoms with van der Waals surface area (Å²) in [6, 6.07) is 0.171. The number of hydrazine groups is 1. The summed E-state index contributed by atoms with van der Waals surface area (Å²) < 4.78 is 5.37. The minimum absolute atomic E-state index is 0.171. The van der Waals surface area contributed by atoms with Gasteiger partial charge in [0, 0.05) is 19.1 Å². The van der Waals surface area contributed by atoms with Gasteiger partial charge in [-0.25, -0.2) is 14.8 Å². The summed E-state index contributed by atoms with van der Waals surface area (Å²) in [7, 11) is 0. The van der Waals surface area contributed by atoms with Gasteiger partial charge in [0.15, 0.2) is 0 Å². The second-order valence-electron chi connectivity index (χ2n) is 5.79. The highest BCUT2D eigenvalue weighted by Crippen LogP contribution is 2.14. The summed E-state index contributed by atoms with van der Waals surface area (Å²) in [5.41, 5.74) is -0.537. The topological polar surface area (TPSA) is 65.0 Å². The van der Waals surface area contributed by atoms with Crippen molar-refractivity contribution in [1.82, 2.24) is 15.3 Å². The van der Waals surface area contributed by atoms with Crippen molar-refractivity contribution in [2.24, 2.45) is 0 Å². The van der Waals surface area contributed by atoms with Crippen LogP contribution in [0.3, 0.4) is 0 Å². The van der Waals surface area contributed by atoms with E-state index in [4.69, 9.17) is 4.74 Å². The molecule has 2 N–H and O–H groups in total. The lowest BCUT2D eigenvalue weighted by Crippen LogP contribution is -2.53. The fourth-order valence-corrected chi connectivity index (χ4v) is 1.83.